The average molecular weight is 377 g/mol. The molecule has 1 atom stereocenters. The number of rotatable bonds is 5. The van der Waals surface area contributed by atoms with Gasteiger partial charge in [0.25, 0.3) is 0 Å². The molecule has 0 aliphatic rings. The van der Waals surface area contributed by atoms with Crippen LogP contribution in [0.2, 0.25) is 5.02 Å². The molecule has 108 valence electrons. The number of thiophene rings is 1. The number of benzene rings is 1. The zero-order chi connectivity index (χ0) is 14.7. The summed E-state index contributed by atoms with van der Waals surface area (Å²) >= 11 is 11.3. The van der Waals surface area contributed by atoms with Crippen LogP contribution in [0.5, 0.6) is 11.5 Å². The standard InChI is InChI=1S/C14H15BrClNO2S/c1-18-12-6-8(5-10(16)14(12)19-2)11(17)7-9-3-4-13(15)20-9/h3-6,11H,7,17H2,1-2H3. The molecule has 1 heterocycles. The predicted octanol–water partition coefficient (Wildman–Crippen LogP) is 4.42. The molecule has 0 aliphatic heterocycles. The molecule has 0 fully saturated rings. The Hall–Kier alpha value is -0.750. The molecule has 1 unspecified atom stereocenters. The van der Waals surface area contributed by atoms with Crippen molar-refractivity contribution < 1.29 is 9.47 Å². The van der Waals surface area contributed by atoms with Crippen molar-refractivity contribution in [2.45, 2.75) is 12.5 Å². The van der Waals surface area contributed by atoms with E-state index in [1.807, 2.05) is 18.2 Å². The highest BCUT2D eigenvalue weighted by molar-refractivity contribution is 9.11. The fourth-order valence-electron chi connectivity index (χ4n) is 1.95. The molecule has 2 rings (SSSR count). The smallest absolute Gasteiger partial charge is 0.179 e. The van der Waals surface area contributed by atoms with Crippen LogP contribution in [0.4, 0.5) is 0 Å². The zero-order valence-electron chi connectivity index (χ0n) is 11.2. The molecule has 2 N–H and O–H groups in total. The first-order valence-corrected chi connectivity index (χ1v) is 7.95. The topological polar surface area (TPSA) is 44.5 Å². The molecule has 0 saturated heterocycles. The first-order chi connectivity index (χ1) is 9.55. The van der Waals surface area contributed by atoms with Crippen molar-refractivity contribution in [3.05, 3.63) is 43.5 Å². The Morgan fingerprint density at radius 2 is 2.05 bits per heavy atom. The van der Waals surface area contributed by atoms with Crippen LogP contribution >= 0.6 is 38.9 Å². The van der Waals surface area contributed by atoms with Gasteiger partial charge in [0.05, 0.1) is 23.0 Å². The van der Waals surface area contributed by atoms with Gasteiger partial charge < -0.3 is 15.2 Å². The van der Waals surface area contributed by atoms with Crippen molar-refractivity contribution in [3.8, 4) is 11.5 Å². The van der Waals surface area contributed by atoms with E-state index >= 15 is 0 Å². The molecular weight excluding hydrogens is 362 g/mol. The highest BCUT2D eigenvalue weighted by Gasteiger charge is 2.15. The van der Waals surface area contributed by atoms with Crippen molar-refractivity contribution in [2.24, 2.45) is 5.73 Å². The third-order valence-corrected chi connectivity index (χ3v) is 4.86. The zero-order valence-corrected chi connectivity index (χ0v) is 14.3. The van der Waals surface area contributed by atoms with Gasteiger partial charge in [0.15, 0.2) is 11.5 Å². The lowest BCUT2D eigenvalue weighted by atomic mass is 10.0. The molecule has 0 spiro atoms. The van der Waals surface area contributed by atoms with E-state index in [0.717, 1.165) is 15.8 Å². The van der Waals surface area contributed by atoms with E-state index in [9.17, 15) is 0 Å². The highest BCUT2D eigenvalue weighted by Crippen LogP contribution is 2.38. The summed E-state index contributed by atoms with van der Waals surface area (Å²) in [6, 6.07) is 7.65. The van der Waals surface area contributed by atoms with Crippen LogP contribution in [-0.4, -0.2) is 14.2 Å². The second-order valence-corrected chi connectivity index (χ2v) is 7.21. The molecule has 1 aromatic heterocycles. The first kappa shape index (κ1) is 15.6. The van der Waals surface area contributed by atoms with Crippen LogP contribution in [0, 0.1) is 0 Å². The SMILES string of the molecule is COc1cc(C(N)Cc2ccc(Br)s2)cc(Cl)c1OC. The molecular formula is C14H15BrClNO2S. The quantitative estimate of drug-likeness (QED) is 0.840. The maximum atomic E-state index is 6.26. The van der Waals surface area contributed by atoms with Crippen molar-refractivity contribution in [1.82, 2.24) is 0 Å². The van der Waals surface area contributed by atoms with Gasteiger partial charge in [-0.15, -0.1) is 11.3 Å². The Bertz CT molecular complexity index is 603. The van der Waals surface area contributed by atoms with Crippen LogP contribution < -0.4 is 15.2 Å². The summed E-state index contributed by atoms with van der Waals surface area (Å²) in [6.07, 6.45) is 0.752. The van der Waals surface area contributed by atoms with E-state index in [-0.39, 0.29) is 6.04 Å². The molecule has 2 aromatic rings. The van der Waals surface area contributed by atoms with Gasteiger partial charge in [-0.3, -0.25) is 0 Å². The molecule has 0 radical (unpaired) electrons. The summed E-state index contributed by atoms with van der Waals surface area (Å²) in [4.78, 5) is 1.22. The Morgan fingerprint density at radius 3 is 2.60 bits per heavy atom. The van der Waals surface area contributed by atoms with Gasteiger partial charge in [0.2, 0.25) is 0 Å². The fraction of sp³-hybridized carbons (Fsp3) is 0.286. The molecule has 1 aromatic carbocycles. The number of nitrogens with two attached hydrogens (primary N) is 1. The molecule has 0 amide bonds. The Morgan fingerprint density at radius 1 is 1.30 bits per heavy atom. The largest absolute Gasteiger partial charge is 0.493 e. The van der Waals surface area contributed by atoms with Gasteiger partial charge in [0.1, 0.15) is 0 Å². The third-order valence-electron chi connectivity index (χ3n) is 2.93. The van der Waals surface area contributed by atoms with Crippen molar-refractivity contribution in [2.75, 3.05) is 14.2 Å². The van der Waals surface area contributed by atoms with Gasteiger partial charge in [-0.25, -0.2) is 0 Å². The number of halogens is 2. The summed E-state index contributed by atoms with van der Waals surface area (Å²) < 4.78 is 11.6. The van der Waals surface area contributed by atoms with Gasteiger partial charge in [0, 0.05) is 17.3 Å². The maximum Gasteiger partial charge on any atom is 0.179 e. The van der Waals surface area contributed by atoms with E-state index in [1.165, 1.54) is 4.88 Å². The van der Waals surface area contributed by atoms with E-state index in [4.69, 9.17) is 26.8 Å². The summed E-state index contributed by atoms with van der Waals surface area (Å²) in [5.41, 5.74) is 7.18. The highest BCUT2D eigenvalue weighted by atomic mass is 79.9. The Kier molecular flexibility index (Phi) is 5.32. The van der Waals surface area contributed by atoms with Gasteiger partial charge in [-0.1, -0.05) is 11.6 Å². The molecule has 0 aliphatic carbocycles. The van der Waals surface area contributed by atoms with E-state index in [1.54, 1.807) is 25.6 Å². The van der Waals surface area contributed by atoms with E-state index in [0.29, 0.717) is 16.5 Å². The van der Waals surface area contributed by atoms with Gasteiger partial charge in [-0.2, -0.15) is 0 Å². The first-order valence-electron chi connectivity index (χ1n) is 5.96. The Balaban J connectivity index is 2.25. The minimum absolute atomic E-state index is 0.141. The average Bonchev–Trinajstić information content (AvgIpc) is 2.82. The van der Waals surface area contributed by atoms with E-state index < -0.39 is 0 Å². The molecule has 0 bridgehead atoms. The van der Waals surface area contributed by atoms with Crippen LogP contribution in [0.25, 0.3) is 0 Å². The minimum atomic E-state index is -0.141. The maximum absolute atomic E-state index is 6.26. The lowest BCUT2D eigenvalue weighted by molar-refractivity contribution is 0.354. The summed E-state index contributed by atoms with van der Waals surface area (Å²) in [7, 11) is 3.15. The molecule has 0 saturated carbocycles. The summed E-state index contributed by atoms with van der Waals surface area (Å²) in [6.45, 7) is 0. The lowest BCUT2D eigenvalue weighted by Crippen LogP contribution is -2.13. The second kappa shape index (κ2) is 6.80. The van der Waals surface area contributed by atoms with Crippen LogP contribution in [0.15, 0.2) is 28.1 Å². The van der Waals surface area contributed by atoms with Crippen LogP contribution in [0.1, 0.15) is 16.5 Å². The van der Waals surface area contributed by atoms with Gasteiger partial charge in [-0.05, 0) is 45.8 Å². The lowest BCUT2D eigenvalue weighted by Gasteiger charge is -2.15. The number of hydrogen-bond donors (Lipinski definition) is 1. The van der Waals surface area contributed by atoms with E-state index in [2.05, 4.69) is 22.0 Å². The summed E-state index contributed by atoms with van der Waals surface area (Å²) in [5.74, 6) is 1.13. The Labute approximate surface area is 135 Å². The fourth-order valence-corrected chi connectivity index (χ4v) is 3.79. The number of hydrogen-bond acceptors (Lipinski definition) is 4. The monoisotopic (exact) mass is 375 g/mol. The second-order valence-electron chi connectivity index (χ2n) is 4.25. The normalized spacial score (nSPS) is 12.2. The summed E-state index contributed by atoms with van der Waals surface area (Å²) in [5, 5.41) is 0.504. The van der Waals surface area contributed by atoms with Crippen molar-refractivity contribution in [3.63, 3.8) is 0 Å². The molecule has 3 nitrogen and oxygen atoms in total. The van der Waals surface area contributed by atoms with Crippen LogP contribution in [0.3, 0.4) is 0 Å². The minimum Gasteiger partial charge on any atom is -0.493 e. The van der Waals surface area contributed by atoms with Gasteiger partial charge >= 0.3 is 0 Å². The van der Waals surface area contributed by atoms with Crippen LogP contribution in [-0.2, 0) is 6.42 Å². The number of methoxy groups -OCH3 is 2. The molecule has 20 heavy (non-hydrogen) atoms. The molecule has 6 heteroatoms. The van der Waals surface area contributed by atoms with Crippen molar-refractivity contribution in [1.29, 1.82) is 0 Å². The van der Waals surface area contributed by atoms with Crippen molar-refractivity contribution >= 4 is 38.9 Å². The number of ether oxygens (including phenoxy) is 2. The predicted molar refractivity (Wildman–Crippen MR) is 87.2 cm³/mol. The third kappa shape index (κ3) is 3.47.